The van der Waals surface area contributed by atoms with E-state index >= 15 is 0 Å². The van der Waals surface area contributed by atoms with Crippen LogP contribution >= 0.6 is 11.6 Å². The summed E-state index contributed by atoms with van der Waals surface area (Å²) in [4.78, 5) is -0.0794. The first-order valence-electron chi connectivity index (χ1n) is 6.48. The lowest BCUT2D eigenvalue weighted by atomic mass is 9.83. The van der Waals surface area contributed by atoms with Crippen LogP contribution in [0.1, 0.15) is 25.3 Å². The quantitative estimate of drug-likeness (QED) is 0.875. The van der Waals surface area contributed by atoms with E-state index in [1.54, 1.807) is 7.05 Å². The van der Waals surface area contributed by atoms with Crippen molar-refractivity contribution in [3.8, 4) is 0 Å². The van der Waals surface area contributed by atoms with Crippen molar-refractivity contribution in [2.75, 3.05) is 7.05 Å². The normalized spacial score (nSPS) is 22.6. The first-order chi connectivity index (χ1) is 9.33. The van der Waals surface area contributed by atoms with Gasteiger partial charge in [0, 0.05) is 12.6 Å². The van der Waals surface area contributed by atoms with Crippen LogP contribution in [-0.2, 0) is 16.6 Å². The molecule has 20 heavy (non-hydrogen) atoms. The number of hydrogen-bond acceptors (Lipinski definition) is 3. The Labute approximate surface area is 123 Å². The molecule has 1 aromatic carbocycles. The molecule has 0 amide bonds. The second-order valence-electron chi connectivity index (χ2n) is 5.30. The van der Waals surface area contributed by atoms with Crippen LogP contribution in [0, 0.1) is 11.7 Å². The minimum atomic E-state index is -3.70. The Hall–Kier alpha value is -0.690. The van der Waals surface area contributed by atoms with Crippen molar-refractivity contribution >= 4 is 21.6 Å². The smallest absolute Gasteiger partial charge is 0.240 e. The molecule has 112 valence electrons. The minimum Gasteiger partial charge on any atom is -0.316 e. The first-order valence-corrected chi connectivity index (χ1v) is 8.34. The number of halogens is 2. The molecule has 7 heteroatoms. The zero-order valence-corrected chi connectivity index (χ0v) is 13.0. The molecular weight excluding hydrogens is 303 g/mol. The van der Waals surface area contributed by atoms with Crippen LogP contribution in [0.15, 0.2) is 17.0 Å². The number of benzene rings is 1. The lowest BCUT2D eigenvalue weighted by molar-refractivity contribution is 0.270. The molecule has 1 aliphatic carbocycles. The zero-order chi connectivity index (χ0) is 14.9. The van der Waals surface area contributed by atoms with Crippen molar-refractivity contribution in [3.05, 3.63) is 28.5 Å². The zero-order valence-electron chi connectivity index (χ0n) is 11.4. The fourth-order valence-electron chi connectivity index (χ4n) is 2.38. The highest BCUT2D eigenvalue weighted by Crippen LogP contribution is 2.29. The average molecular weight is 321 g/mol. The minimum absolute atomic E-state index is 0.0458. The van der Waals surface area contributed by atoms with Crippen molar-refractivity contribution in [2.24, 2.45) is 5.92 Å². The summed E-state index contributed by atoms with van der Waals surface area (Å²) in [7, 11) is -2.02. The summed E-state index contributed by atoms with van der Waals surface area (Å²) >= 11 is 5.83. The van der Waals surface area contributed by atoms with E-state index in [1.165, 1.54) is 6.07 Å². The lowest BCUT2D eigenvalue weighted by Crippen LogP contribution is -2.43. The van der Waals surface area contributed by atoms with E-state index in [0.717, 1.165) is 18.9 Å². The molecule has 2 rings (SSSR count). The molecule has 2 N–H and O–H groups in total. The van der Waals surface area contributed by atoms with E-state index in [9.17, 15) is 12.8 Å². The third-order valence-corrected chi connectivity index (χ3v) is 5.37. The topological polar surface area (TPSA) is 58.2 Å². The first kappa shape index (κ1) is 15.7. The molecule has 0 bridgehead atoms. The molecule has 0 unspecified atom stereocenters. The Morgan fingerprint density at radius 1 is 1.40 bits per heavy atom. The van der Waals surface area contributed by atoms with Crippen LogP contribution in [0.5, 0.6) is 0 Å². The largest absolute Gasteiger partial charge is 0.316 e. The van der Waals surface area contributed by atoms with E-state index in [4.69, 9.17) is 11.6 Å². The summed E-state index contributed by atoms with van der Waals surface area (Å²) < 4.78 is 40.8. The average Bonchev–Trinajstić information content (AvgIpc) is 2.32. The molecule has 0 radical (unpaired) electrons. The molecular formula is C13H18ClFN2O2S. The second-order valence-corrected chi connectivity index (χ2v) is 7.40. The number of nitrogens with one attached hydrogen (secondary N) is 2. The molecule has 0 spiro atoms. The Balaban J connectivity index is 2.26. The molecule has 1 aliphatic rings. The molecule has 0 atom stereocenters. The second kappa shape index (κ2) is 5.97. The summed E-state index contributed by atoms with van der Waals surface area (Å²) in [6, 6.07) is 2.32. The molecule has 0 heterocycles. The van der Waals surface area contributed by atoms with E-state index < -0.39 is 15.8 Å². The van der Waals surface area contributed by atoms with Crippen molar-refractivity contribution in [3.63, 3.8) is 0 Å². The highest BCUT2D eigenvalue weighted by Gasteiger charge is 2.30. The van der Waals surface area contributed by atoms with Crippen LogP contribution in [0.2, 0.25) is 5.02 Å². The molecule has 1 fully saturated rings. The predicted octanol–water partition coefficient (Wildman–Crippen LogP) is 2.28. The summed E-state index contributed by atoms with van der Waals surface area (Å²) in [5.41, 5.74) is 0.427. The summed E-state index contributed by atoms with van der Waals surface area (Å²) in [5.74, 6) is -0.189. The van der Waals surface area contributed by atoms with Gasteiger partial charge in [0.05, 0.1) is 9.92 Å². The van der Waals surface area contributed by atoms with Crippen LogP contribution in [0.3, 0.4) is 0 Å². The van der Waals surface area contributed by atoms with E-state index in [0.29, 0.717) is 18.0 Å². The Kier molecular flexibility index (Phi) is 4.69. The molecule has 0 saturated heterocycles. The van der Waals surface area contributed by atoms with Gasteiger partial charge in [-0.05, 0) is 43.5 Å². The van der Waals surface area contributed by atoms with Crippen LogP contribution in [-0.4, -0.2) is 21.5 Å². The maximum absolute atomic E-state index is 13.7. The Morgan fingerprint density at radius 3 is 2.60 bits per heavy atom. The third-order valence-electron chi connectivity index (χ3n) is 3.45. The highest BCUT2D eigenvalue weighted by atomic mass is 35.5. The number of sulfonamides is 1. The van der Waals surface area contributed by atoms with Gasteiger partial charge in [0.1, 0.15) is 5.82 Å². The van der Waals surface area contributed by atoms with Gasteiger partial charge in [-0.2, -0.15) is 0 Å². The van der Waals surface area contributed by atoms with Gasteiger partial charge in [0.25, 0.3) is 0 Å². The third kappa shape index (κ3) is 3.31. The summed E-state index contributed by atoms with van der Waals surface area (Å²) in [6.45, 7) is 2.37. The molecule has 1 saturated carbocycles. The SMILES string of the molecule is CNCc1cc(S(=O)(=O)NC2CC(C)C2)cc(F)c1Cl. The number of rotatable bonds is 5. The Bertz CT molecular complexity index is 601. The molecule has 0 aliphatic heterocycles. The number of hydrogen-bond donors (Lipinski definition) is 2. The van der Waals surface area contributed by atoms with Crippen LogP contribution < -0.4 is 10.0 Å². The van der Waals surface area contributed by atoms with E-state index in [1.807, 2.05) is 0 Å². The van der Waals surface area contributed by atoms with Crippen molar-refractivity contribution in [1.29, 1.82) is 0 Å². The van der Waals surface area contributed by atoms with Gasteiger partial charge in [-0.3, -0.25) is 0 Å². The standard InChI is InChI=1S/C13H18ClFN2O2S/c1-8-3-10(4-8)17-20(18,19)11-5-9(7-16-2)13(14)12(15)6-11/h5-6,8,10,16-17H,3-4,7H2,1-2H3. The van der Waals surface area contributed by atoms with E-state index in [2.05, 4.69) is 17.0 Å². The fraction of sp³-hybridized carbons (Fsp3) is 0.538. The van der Waals surface area contributed by atoms with Crippen molar-refractivity contribution < 1.29 is 12.8 Å². The van der Waals surface area contributed by atoms with Gasteiger partial charge in [0.15, 0.2) is 0 Å². The van der Waals surface area contributed by atoms with Gasteiger partial charge in [-0.1, -0.05) is 18.5 Å². The van der Waals surface area contributed by atoms with Crippen LogP contribution in [0.25, 0.3) is 0 Å². The molecule has 0 aromatic heterocycles. The monoisotopic (exact) mass is 320 g/mol. The molecule has 1 aromatic rings. The van der Waals surface area contributed by atoms with Gasteiger partial charge in [-0.25, -0.2) is 17.5 Å². The Morgan fingerprint density at radius 2 is 2.05 bits per heavy atom. The highest BCUT2D eigenvalue weighted by molar-refractivity contribution is 7.89. The van der Waals surface area contributed by atoms with Gasteiger partial charge in [-0.15, -0.1) is 0 Å². The van der Waals surface area contributed by atoms with Crippen LogP contribution in [0.4, 0.5) is 4.39 Å². The summed E-state index contributed by atoms with van der Waals surface area (Å²) in [5, 5.41) is 2.79. The predicted molar refractivity (Wildman–Crippen MR) is 76.7 cm³/mol. The maximum atomic E-state index is 13.7. The lowest BCUT2D eigenvalue weighted by Gasteiger charge is -2.32. The fourth-order valence-corrected chi connectivity index (χ4v) is 3.88. The van der Waals surface area contributed by atoms with Gasteiger partial charge < -0.3 is 5.32 Å². The summed E-state index contributed by atoms with van der Waals surface area (Å²) in [6.07, 6.45) is 1.64. The van der Waals surface area contributed by atoms with Crippen molar-refractivity contribution in [1.82, 2.24) is 10.0 Å². The molecule has 4 nitrogen and oxygen atoms in total. The van der Waals surface area contributed by atoms with Gasteiger partial charge in [0.2, 0.25) is 10.0 Å². The van der Waals surface area contributed by atoms with Gasteiger partial charge >= 0.3 is 0 Å². The van der Waals surface area contributed by atoms with E-state index in [-0.39, 0.29) is 16.0 Å². The van der Waals surface area contributed by atoms with Crippen molar-refractivity contribution in [2.45, 2.75) is 37.2 Å². The maximum Gasteiger partial charge on any atom is 0.240 e.